The molecule has 0 spiro atoms. The van der Waals surface area contributed by atoms with Gasteiger partial charge in [0.05, 0.1) is 11.6 Å². The highest BCUT2D eigenvalue weighted by molar-refractivity contribution is 5.84. The van der Waals surface area contributed by atoms with Crippen LogP contribution in [0.1, 0.15) is 39.0 Å². The highest BCUT2D eigenvalue weighted by atomic mass is 16.5. The highest BCUT2D eigenvalue weighted by Gasteiger charge is 2.28. The summed E-state index contributed by atoms with van der Waals surface area (Å²) in [4.78, 5) is 4.41. The van der Waals surface area contributed by atoms with Crippen LogP contribution >= 0.6 is 0 Å². The van der Waals surface area contributed by atoms with Crippen LogP contribution in [0.2, 0.25) is 0 Å². The molecular formula is C20H24N4O2. The average molecular weight is 352 g/mol. The van der Waals surface area contributed by atoms with Crippen LogP contribution in [0.3, 0.4) is 0 Å². The van der Waals surface area contributed by atoms with Crippen molar-refractivity contribution in [3.05, 3.63) is 42.9 Å². The third-order valence-electron chi connectivity index (χ3n) is 5.30. The van der Waals surface area contributed by atoms with Gasteiger partial charge in [-0.25, -0.2) is 0 Å². The van der Waals surface area contributed by atoms with E-state index in [0.29, 0.717) is 18.0 Å². The van der Waals surface area contributed by atoms with Crippen LogP contribution < -0.4 is 10.1 Å². The summed E-state index contributed by atoms with van der Waals surface area (Å²) in [6.07, 6.45) is 8.86. The second-order valence-corrected chi connectivity index (χ2v) is 6.88. The lowest BCUT2D eigenvalue weighted by molar-refractivity contribution is 0.126. The maximum atomic E-state index is 6.33. The monoisotopic (exact) mass is 352 g/mol. The van der Waals surface area contributed by atoms with E-state index in [9.17, 15) is 0 Å². The van der Waals surface area contributed by atoms with E-state index in [1.165, 1.54) is 6.39 Å². The molecule has 4 rings (SSSR count). The van der Waals surface area contributed by atoms with E-state index in [1.54, 1.807) is 0 Å². The van der Waals surface area contributed by atoms with Gasteiger partial charge in [-0.1, -0.05) is 24.2 Å². The number of aromatic nitrogens is 3. The fraction of sp³-hybridized carbons (Fsp3) is 0.450. The fourth-order valence-electron chi connectivity index (χ4n) is 3.91. The zero-order valence-electron chi connectivity index (χ0n) is 15.0. The lowest BCUT2D eigenvalue weighted by atomic mass is 9.81. The van der Waals surface area contributed by atoms with E-state index >= 15 is 0 Å². The number of benzene rings is 1. The molecule has 1 atom stereocenters. The molecule has 1 aliphatic carbocycles. The van der Waals surface area contributed by atoms with Crippen LogP contribution in [0.5, 0.6) is 5.75 Å². The fourth-order valence-corrected chi connectivity index (χ4v) is 3.91. The van der Waals surface area contributed by atoms with Crippen LogP contribution in [0.4, 0.5) is 6.01 Å². The van der Waals surface area contributed by atoms with Crippen molar-refractivity contribution in [3.63, 3.8) is 0 Å². The topological polar surface area (TPSA) is 73.1 Å². The van der Waals surface area contributed by atoms with Crippen LogP contribution in [0.15, 0.2) is 47.3 Å². The summed E-state index contributed by atoms with van der Waals surface area (Å²) < 4.78 is 11.6. The molecule has 26 heavy (non-hydrogen) atoms. The number of hydrogen-bond donors (Lipinski definition) is 1. The van der Waals surface area contributed by atoms with Gasteiger partial charge in [-0.2, -0.15) is 0 Å². The Morgan fingerprint density at radius 1 is 1.19 bits per heavy atom. The zero-order chi connectivity index (χ0) is 17.8. The van der Waals surface area contributed by atoms with Crippen molar-refractivity contribution in [3.8, 4) is 5.75 Å². The number of anilines is 1. The van der Waals surface area contributed by atoms with Crippen molar-refractivity contribution < 1.29 is 9.15 Å². The van der Waals surface area contributed by atoms with Crippen molar-refractivity contribution in [1.29, 1.82) is 0 Å². The molecule has 6 heteroatoms. The van der Waals surface area contributed by atoms with E-state index in [0.717, 1.165) is 48.8 Å². The first-order valence-electron chi connectivity index (χ1n) is 9.36. The van der Waals surface area contributed by atoms with Crippen LogP contribution in [0, 0.1) is 5.92 Å². The van der Waals surface area contributed by atoms with Crippen molar-refractivity contribution in [2.75, 3.05) is 5.32 Å². The third kappa shape index (κ3) is 3.64. The van der Waals surface area contributed by atoms with E-state index in [1.807, 2.05) is 30.5 Å². The molecule has 0 unspecified atom stereocenters. The quantitative estimate of drug-likeness (QED) is 0.707. The summed E-state index contributed by atoms with van der Waals surface area (Å²) >= 11 is 0. The third-order valence-corrected chi connectivity index (χ3v) is 5.30. The molecule has 2 heterocycles. The number of ether oxygens (including phenoxy) is 1. The molecule has 0 aliphatic heterocycles. The van der Waals surface area contributed by atoms with Crippen molar-refractivity contribution in [1.82, 2.24) is 15.2 Å². The molecule has 0 amide bonds. The Bertz CT molecular complexity index is 823. The van der Waals surface area contributed by atoms with Gasteiger partial charge in [0.2, 0.25) is 6.39 Å². The zero-order valence-corrected chi connectivity index (χ0v) is 15.0. The van der Waals surface area contributed by atoms with E-state index in [2.05, 4.69) is 33.5 Å². The standard InChI is InChI=1S/C20H24N4O2/c1-2-17(23-20-24-22-13-25-20)14-7-9-15(10-8-14)26-19-11-12-21-18-6-4-3-5-16(18)19/h3-6,11-15,17H,2,7-10H2,1H3,(H,23,24)/t14?,15?,17-/m1/s1. The first-order valence-corrected chi connectivity index (χ1v) is 9.36. The predicted molar refractivity (Wildman–Crippen MR) is 100 cm³/mol. The van der Waals surface area contributed by atoms with Gasteiger partial charge in [0, 0.05) is 17.6 Å². The van der Waals surface area contributed by atoms with Gasteiger partial charge in [-0.05, 0) is 56.2 Å². The Balaban J connectivity index is 1.37. The molecule has 0 radical (unpaired) electrons. The first-order chi connectivity index (χ1) is 12.8. The Morgan fingerprint density at radius 3 is 2.81 bits per heavy atom. The van der Waals surface area contributed by atoms with Crippen molar-refractivity contribution >= 4 is 16.9 Å². The molecule has 3 aromatic rings. The molecule has 1 aromatic carbocycles. The summed E-state index contributed by atoms with van der Waals surface area (Å²) in [5.41, 5.74) is 0.980. The molecule has 1 N–H and O–H groups in total. The SMILES string of the molecule is CC[C@@H](Nc1nnco1)C1CCC(Oc2ccnc3ccccc23)CC1. The van der Waals surface area contributed by atoms with Gasteiger partial charge in [-0.3, -0.25) is 4.98 Å². The normalized spacial score (nSPS) is 21.4. The van der Waals surface area contributed by atoms with Gasteiger partial charge >= 0.3 is 6.01 Å². The first kappa shape index (κ1) is 16.8. The van der Waals surface area contributed by atoms with Gasteiger partial charge in [-0.15, -0.1) is 5.10 Å². The predicted octanol–water partition coefficient (Wildman–Crippen LogP) is 4.45. The number of fused-ring (bicyclic) bond motifs is 1. The summed E-state index contributed by atoms with van der Waals surface area (Å²) in [5, 5.41) is 12.1. The maximum absolute atomic E-state index is 6.33. The summed E-state index contributed by atoms with van der Waals surface area (Å²) in [6.45, 7) is 2.19. The average Bonchev–Trinajstić information content (AvgIpc) is 3.20. The smallest absolute Gasteiger partial charge is 0.315 e. The van der Waals surface area contributed by atoms with Crippen molar-refractivity contribution in [2.45, 2.75) is 51.2 Å². The Hall–Kier alpha value is -2.63. The number of hydrogen-bond acceptors (Lipinski definition) is 6. The maximum Gasteiger partial charge on any atom is 0.315 e. The summed E-state index contributed by atoms with van der Waals surface area (Å²) in [7, 11) is 0. The Kier molecular flexibility index (Phi) is 5.00. The Labute approximate surface area is 153 Å². The lowest BCUT2D eigenvalue weighted by Crippen LogP contribution is -2.34. The summed E-state index contributed by atoms with van der Waals surface area (Å²) in [5.74, 6) is 1.54. The molecular weight excluding hydrogens is 328 g/mol. The minimum Gasteiger partial charge on any atom is -0.490 e. The number of nitrogens with one attached hydrogen (secondary N) is 1. The number of para-hydroxylation sites is 1. The number of pyridine rings is 1. The second kappa shape index (κ2) is 7.72. The molecule has 2 aromatic heterocycles. The molecule has 0 bridgehead atoms. The van der Waals surface area contributed by atoms with Crippen LogP contribution in [-0.2, 0) is 0 Å². The highest BCUT2D eigenvalue weighted by Crippen LogP contribution is 2.33. The van der Waals surface area contributed by atoms with E-state index in [-0.39, 0.29) is 6.10 Å². The van der Waals surface area contributed by atoms with Crippen LogP contribution in [0.25, 0.3) is 10.9 Å². The number of nitrogens with zero attached hydrogens (tertiary/aromatic N) is 3. The number of rotatable bonds is 6. The molecule has 136 valence electrons. The molecule has 1 aliphatic rings. The van der Waals surface area contributed by atoms with Gasteiger partial charge in [0.15, 0.2) is 0 Å². The van der Waals surface area contributed by atoms with Gasteiger partial charge in [0.25, 0.3) is 0 Å². The minimum atomic E-state index is 0.262. The van der Waals surface area contributed by atoms with Crippen LogP contribution in [-0.4, -0.2) is 27.3 Å². The second-order valence-electron chi connectivity index (χ2n) is 6.88. The largest absolute Gasteiger partial charge is 0.490 e. The lowest BCUT2D eigenvalue weighted by Gasteiger charge is -2.33. The van der Waals surface area contributed by atoms with E-state index < -0.39 is 0 Å². The molecule has 1 saturated carbocycles. The molecule has 1 fully saturated rings. The van der Waals surface area contributed by atoms with Gasteiger partial charge < -0.3 is 14.5 Å². The molecule has 6 nitrogen and oxygen atoms in total. The van der Waals surface area contributed by atoms with Crippen molar-refractivity contribution in [2.24, 2.45) is 5.92 Å². The van der Waals surface area contributed by atoms with Gasteiger partial charge in [0.1, 0.15) is 5.75 Å². The Morgan fingerprint density at radius 2 is 2.04 bits per heavy atom. The summed E-state index contributed by atoms with van der Waals surface area (Å²) in [6, 6.07) is 11.0. The van der Waals surface area contributed by atoms with E-state index in [4.69, 9.17) is 9.15 Å². The molecule has 0 saturated heterocycles. The minimum absolute atomic E-state index is 0.262.